The number of carbonyl (C=O) groups is 1. The van der Waals surface area contributed by atoms with E-state index in [1.165, 1.54) is 11.8 Å². The third-order valence-corrected chi connectivity index (χ3v) is 5.37. The van der Waals surface area contributed by atoms with Crippen LogP contribution < -0.4 is 4.74 Å². The van der Waals surface area contributed by atoms with Crippen molar-refractivity contribution >= 4 is 28.7 Å². The summed E-state index contributed by atoms with van der Waals surface area (Å²) in [4.78, 5) is 22.0. The smallest absolute Gasteiger partial charge is 0.233 e. The number of aromatic nitrogens is 5. The number of fused-ring (bicyclic) bond motifs is 1. The van der Waals surface area contributed by atoms with Crippen LogP contribution in [0, 0.1) is 0 Å². The third-order valence-electron chi connectivity index (χ3n) is 4.44. The zero-order valence-electron chi connectivity index (χ0n) is 16.1. The van der Waals surface area contributed by atoms with E-state index in [0.717, 1.165) is 28.3 Å². The van der Waals surface area contributed by atoms with E-state index in [1.54, 1.807) is 25.4 Å². The number of imidazole rings is 1. The summed E-state index contributed by atoms with van der Waals surface area (Å²) in [6.07, 6.45) is 1.63. The second-order valence-corrected chi connectivity index (χ2v) is 7.36. The fourth-order valence-corrected chi connectivity index (χ4v) is 3.74. The van der Waals surface area contributed by atoms with Gasteiger partial charge in [-0.3, -0.25) is 9.36 Å². The zero-order valence-corrected chi connectivity index (χ0v) is 16.9. The maximum absolute atomic E-state index is 12.6. The quantitative estimate of drug-likeness (QED) is 0.473. The van der Waals surface area contributed by atoms with Gasteiger partial charge in [-0.25, -0.2) is 4.98 Å². The minimum atomic E-state index is -0.0141. The normalized spacial score (nSPS) is 11.0. The van der Waals surface area contributed by atoms with Gasteiger partial charge in [0.15, 0.2) is 5.16 Å². The Morgan fingerprint density at radius 1 is 1.21 bits per heavy atom. The molecule has 0 bridgehead atoms. The fourth-order valence-electron chi connectivity index (χ4n) is 2.87. The molecular formula is C20H20N6O2S. The van der Waals surface area contributed by atoms with Crippen LogP contribution in [0.3, 0.4) is 0 Å². The number of nitrogens with zero attached hydrogens (tertiary/aromatic N) is 5. The highest BCUT2D eigenvalue weighted by Gasteiger charge is 2.15. The molecule has 2 aromatic carbocycles. The zero-order chi connectivity index (χ0) is 20.2. The van der Waals surface area contributed by atoms with Crippen LogP contribution in [0.15, 0.2) is 60.0 Å². The van der Waals surface area contributed by atoms with Gasteiger partial charge >= 0.3 is 0 Å². The molecule has 0 aliphatic carbocycles. The molecule has 4 aromatic rings. The molecule has 0 unspecified atom stereocenters. The fraction of sp³-hybridized carbons (Fsp3) is 0.200. The first-order chi connectivity index (χ1) is 14.1. The molecule has 4 rings (SSSR count). The van der Waals surface area contributed by atoms with Crippen molar-refractivity contribution in [2.45, 2.75) is 11.7 Å². The van der Waals surface area contributed by atoms with Gasteiger partial charge in [0, 0.05) is 12.7 Å². The summed E-state index contributed by atoms with van der Waals surface area (Å²) in [5.41, 5.74) is 2.76. The molecule has 0 aliphatic rings. The Balaban J connectivity index is 1.38. The number of amides is 1. The van der Waals surface area contributed by atoms with Crippen molar-refractivity contribution in [3.63, 3.8) is 0 Å². The first kappa shape index (κ1) is 19.0. The van der Waals surface area contributed by atoms with Crippen LogP contribution in [0.2, 0.25) is 0 Å². The first-order valence-electron chi connectivity index (χ1n) is 8.99. The van der Waals surface area contributed by atoms with E-state index in [1.807, 2.05) is 53.1 Å². The molecule has 0 aliphatic heterocycles. The summed E-state index contributed by atoms with van der Waals surface area (Å²) >= 11 is 1.35. The molecule has 9 heteroatoms. The number of aromatic amines is 1. The first-order valence-corrected chi connectivity index (χ1v) is 9.97. The molecule has 0 saturated carbocycles. The number of benzene rings is 2. The summed E-state index contributed by atoms with van der Waals surface area (Å²) in [7, 11) is 3.40. The maximum Gasteiger partial charge on any atom is 0.233 e. The number of para-hydroxylation sites is 2. The maximum atomic E-state index is 12.6. The molecule has 0 radical (unpaired) electrons. The van der Waals surface area contributed by atoms with Crippen LogP contribution in [0.5, 0.6) is 5.75 Å². The highest BCUT2D eigenvalue weighted by molar-refractivity contribution is 7.99. The molecule has 0 fully saturated rings. The molecule has 2 heterocycles. The number of thioether (sulfide) groups is 1. The highest BCUT2D eigenvalue weighted by Crippen LogP contribution is 2.22. The van der Waals surface area contributed by atoms with Gasteiger partial charge < -0.3 is 14.6 Å². The van der Waals surface area contributed by atoms with E-state index in [4.69, 9.17) is 4.74 Å². The Morgan fingerprint density at radius 2 is 2.00 bits per heavy atom. The number of rotatable bonds is 7. The van der Waals surface area contributed by atoms with Crippen LogP contribution in [-0.2, 0) is 11.3 Å². The van der Waals surface area contributed by atoms with Crippen molar-refractivity contribution in [2.24, 2.45) is 0 Å². The molecule has 8 nitrogen and oxygen atoms in total. The Bertz CT molecular complexity index is 1090. The van der Waals surface area contributed by atoms with Gasteiger partial charge in [-0.2, -0.15) is 0 Å². The average molecular weight is 408 g/mol. The predicted molar refractivity (Wildman–Crippen MR) is 111 cm³/mol. The average Bonchev–Trinajstić information content (AvgIpc) is 3.38. The lowest BCUT2D eigenvalue weighted by molar-refractivity contribution is -0.127. The van der Waals surface area contributed by atoms with E-state index in [9.17, 15) is 4.79 Å². The van der Waals surface area contributed by atoms with E-state index >= 15 is 0 Å². The second kappa shape index (κ2) is 8.36. The molecule has 0 spiro atoms. The lowest BCUT2D eigenvalue weighted by Crippen LogP contribution is -2.28. The Labute approximate surface area is 171 Å². The van der Waals surface area contributed by atoms with Gasteiger partial charge in [0.2, 0.25) is 5.91 Å². The minimum absolute atomic E-state index is 0.0141. The van der Waals surface area contributed by atoms with E-state index in [0.29, 0.717) is 11.7 Å². The van der Waals surface area contributed by atoms with E-state index in [-0.39, 0.29) is 11.7 Å². The number of methoxy groups -OCH3 is 1. The molecule has 1 N–H and O–H groups in total. The van der Waals surface area contributed by atoms with Crippen molar-refractivity contribution in [3.05, 3.63) is 60.7 Å². The number of nitrogens with one attached hydrogen (secondary N) is 1. The van der Waals surface area contributed by atoms with Gasteiger partial charge in [-0.1, -0.05) is 23.9 Å². The van der Waals surface area contributed by atoms with Crippen molar-refractivity contribution < 1.29 is 9.53 Å². The van der Waals surface area contributed by atoms with Crippen molar-refractivity contribution in [3.8, 4) is 11.4 Å². The van der Waals surface area contributed by atoms with Gasteiger partial charge in [0.05, 0.1) is 30.4 Å². The molecule has 29 heavy (non-hydrogen) atoms. The van der Waals surface area contributed by atoms with Crippen LogP contribution >= 0.6 is 11.8 Å². The van der Waals surface area contributed by atoms with Crippen LogP contribution in [0.25, 0.3) is 16.7 Å². The van der Waals surface area contributed by atoms with Crippen LogP contribution in [0.1, 0.15) is 5.82 Å². The van der Waals surface area contributed by atoms with Gasteiger partial charge in [0.1, 0.15) is 17.9 Å². The summed E-state index contributed by atoms with van der Waals surface area (Å²) < 4.78 is 7.03. The summed E-state index contributed by atoms with van der Waals surface area (Å²) in [5.74, 6) is 1.78. The van der Waals surface area contributed by atoms with Gasteiger partial charge in [0.25, 0.3) is 0 Å². The minimum Gasteiger partial charge on any atom is -0.497 e. The number of hydrogen-bond acceptors (Lipinski definition) is 6. The van der Waals surface area contributed by atoms with Gasteiger partial charge in [-0.15, -0.1) is 10.2 Å². The molecule has 0 atom stereocenters. The van der Waals surface area contributed by atoms with Gasteiger partial charge in [-0.05, 0) is 36.4 Å². The van der Waals surface area contributed by atoms with Crippen LogP contribution in [-0.4, -0.2) is 55.4 Å². The van der Waals surface area contributed by atoms with Crippen molar-refractivity contribution in [2.75, 3.05) is 19.9 Å². The highest BCUT2D eigenvalue weighted by atomic mass is 32.2. The van der Waals surface area contributed by atoms with Crippen LogP contribution in [0.4, 0.5) is 0 Å². The Hall–Kier alpha value is -3.33. The number of H-pyrrole nitrogens is 1. The van der Waals surface area contributed by atoms with Crippen molar-refractivity contribution in [1.29, 1.82) is 0 Å². The predicted octanol–water partition coefficient (Wildman–Crippen LogP) is 2.90. The molecule has 0 saturated heterocycles. The topological polar surface area (TPSA) is 88.9 Å². The Kier molecular flexibility index (Phi) is 5.48. The van der Waals surface area contributed by atoms with E-state index in [2.05, 4.69) is 20.2 Å². The molecule has 1 amide bonds. The summed E-state index contributed by atoms with van der Waals surface area (Å²) in [6, 6.07) is 15.4. The molecule has 148 valence electrons. The number of ether oxygens (including phenoxy) is 1. The lowest BCUT2D eigenvalue weighted by Gasteiger charge is -2.15. The summed E-state index contributed by atoms with van der Waals surface area (Å²) in [5, 5.41) is 8.76. The Morgan fingerprint density at radius 3 is 2.76 bits per heavy atom. The standard InChI is InChI=1S/C20H20N6O2S/c1-25(11-18-22-16-5-3-4-6-17(16)23-18)19(27)12-29-20-24-21-13-26(20)14-7-9-15(28-2)10-8-14/h3-10,13H,11-12H2,1-2H3,(H,22,23). The SMILES string of the molecule is COc1ccc(-n2cnnc2SCC(=O)N(C)Cc2nc3ccccc3[nH]2)cc1. The second-order valence-electron chi connectivity index (χ2n) is 6.42. The summed E-state index contributed by atoms with van der Waals surface area (Å²) in [6.45, 7) is 0.416. The number of hydrogen-bond donors (Lipinski definition) is 1. The van der Waals surface area contributed by atoms with E-state index < -0.39 is 0 Å². The third kappa shape index (κ3) is 4.24. The van der Waals surface area contributed by atoms with Crippen molar-refractivity contribution in [1.82, 2.24) is 29.6 Å². The monoisotopic (exact) mass is 408 g/mol. The molecular weight excluding hydrogens is 388 g/mol. The lowest BCUT2D eigenvalue weighted by atomic mass is 10.3. The molecule has 2 aromatic heterocycles. The number of carbonyl (C=O) groups excluding carboxylic acids is 1. The largest absolute Gasteiger partial charge is 0.497 e.